The number of aromatic nitrogens is 4. The molecule has 1 aliphatic rings. The van der Waals surface area contributed by atoms with E-state index in [0.717, 1.165) is 64.1 Å². The second-order valence-electron chi connectivity index (χ2n) is 10.5. The number of benzene rings is 3. The Morgan fingerprint density at radius 1 is 0.860 bits per heavy atom. The first kappa shape index (κ1) is 30.6. The number of amides is 3. The van der Waals surface area contributed by atoms with Crippen molar-refractivity contribution >= 4 is 59.2 Å². The maximum atomic E-state index is 13.9. The third-order valence-electron chi connectivity index (χ3n) is 7.40. The monoisotopic (exact) mass is 773 g/mol. The predicted octanol–water partition coefficient (Wildman–Crippen LogP) is 4.74. The van der Waals surface area contributed by atoms with E-state index in [2.05, 4.69) is 38.0 Å². The summed E-state index contributed by atoms with van der Waals surface area (Å²) < 4.78 is 1.12. The van der Waals surface area contributed by atoms with Crippen molar-refractivity contribution < 1.29 is 14.4 Å². The number of imide groups is 1. The van der Waals surface area contributed by atoms with Crippen molar-refractivity contribution in [3.8, 4) is 22.5 Å². The zero-order chi connectivity index (χ0) is 30.3. The summed E-state index contributed by atoms with van der Waals surface area (Å²) in [5.74, 6) is 0.115. The van der Waals surface area contributed by atoms with Crippen LogP contribution in [0.3, 0.4) is 0 Å². The van der Waals surface area contributed by atoms with E-state index in [1.807, 2.05) is 42.5 Å². The zero-order valence-corrected chi connectivity index (χ0v) is 27.5. The molecule has 1 radical (unpaired) electrons. The van der Waals surface area contributed by atoms with Crippen molar-refractivity contribution in [2.45, 2.75) is 50.0 Å². The molecule has 2 heterocycles. The predicted molar refractivity (Wildman–Crippen MR) is 167 cm³/mol. The first-order valence-corrected chi connectivity index (χ1v) is 16.9. The molecule has 0 spiro atoms. The van der Waals surface area contributed by atoms with Crippen molar-refractivity contribution in [1.29, 1.82) is 0 Å². The van der Waals surface area contributed by atoms with Crippen LogP contribution in [-0.2, 0) is 4.79 Å². The number of hydrogen-bond acceptors (Lipinski definition) is 8. The van der Waals surface area contributed by atoms with Gasteiger partial charge < -0.3 is 5.32 Å². The Bertz CT molecular complexity index is 1660. The second-order valence-corrected chi connectivity index (χ2v) is 12.1. The number of rotatable bonds is 13. The van der Waals surface area contributed by atoms with Crippen molar-refractivity contribution in [2.24, 2.45) is 0 Å². The van der Waals surface area contributed by atoms with Gasteiger partial charge in [0.15, 0.2) is 5.82 Å². The van der Waals surface area contributed by atoms with Gasteiger partial charge in [-0.25, -0.2) is 0 Å². The minimum absolute atomic E-state index is 0.0595. The molecule has 0 atom stereocenters. The molecule has 1 aromatic heterocycles. The minimum atomic E-state index is -0.371. The first-order chi connectivity index (χ1) is 20.9. The molecule has 0 saturated heterocycles. The summed E-state index contributed by atoms with van der Waals surface area (Å²) in [6.07, 6.45) is 4.35. The van der Waals surface area contributed by atoms with Gasteiger partial charge in [0.25, 0.3) is 0 Å². The van der Waals surface area contributed by atoms with Crippen LogP contribution in [-0.4, -0.2) is 87.7 Å². The second kappa shape index (κ2) is 14.1. The Kier molecular flexibility index (Phi) is 10.0. The van der Waals surface area contributed by atoms with Crippen LogP contribution in [0.25, 0.3) is 33.3 Å². The Hall–Kier alpha value is -3.83. The number of nitrogens with zero attached hydrogens (tertiary/aromatic N) is 5. The van der Waals surface area contributed by atoms with Gasteiger partial charge in [-0.05, 0) is 42.7 Å². The fraction of sp³-hybridized carbons (Fsp3) is 0.344. The number of aryl methyl sites for hydroxylation is 1. The van der Waals surface area contributed by atoms with E-state index < -0.39 is 0 Å². The van der Waals surface area contributed by atoms with Gasteiger partial charge in [0, 0.05) is 23.2 Å². The average molecular weight is 774 g/mol. The van der Waals surface area contributed by atoms with Crippen molar-refractivity contribution in [3.63, 3.8) is 0 Å². The number of hydrogen-bond donors (Lipinski definition) is 2. The molecule has 0 saturated carbocycles. The van der Waals surface area contributed by atoms with Crippen LogP contribution in [0.5, 0.6) is 0 Å². The van der Waals surface area contributed by atoms with Crippen LogP contribution in [0.2, 0.25) is 4.08 Å². The molecule has 4 aromatic rings. The SMILES string of the molecule is CCCCNc1ccc2c3c(cc(-c4cccc(-c5nnc(C)nn5)c4)cc13)C(=O)N(CCNC(=O)CCC[CH2][Po])C2=O. The molecule has 0 fully saturated rings. The number of carbonyl (C=O) groups excluding carboxylic acids is 3. The summed E-state index contributed by atoms with van der Waals surface area (Å²) in [6.45, 7) is 4.95. The summed E-state index contributed by atoms with van der Waals surface area (Å²) in [6, 6.07) is 15.3. The van der Waals surface area contributed by atoms with Gasteiger partial charge in [0.1, 0.15) is 0 Å². The molecule has 1 aliphatic heterocycles. The van der Waals surface area contributed by atoms with Crippen LogP contribution in [0, 0.1) is 6.92 Å². The van der Waals surface area contributed by atoms with E-state index in [-0.39, 0.29) is 30.8 Å². The van der Waals surface area contributed by atoms with Gasteiger partial charge in [0.05, 0.1) is 0 Å². The van der Waals surface area contributed by atoms with Gasteiger partial charge in [-0.15, -0.1) is 20.4 Å². The van der Waals surface area contributed by atoms with E-state index in [1.165, 1.54) is 30.0 Å². The molecular weight excluding hydrogens is 739 g/mol. The molecule has 3 amide bonds. The molecule has 5 rings (SSSR count). The normalized spacial score (nSPS) is 12.6. The molecule has 10 nitrogen and oxygen atoms in total. The fourth-order valence-corrected chi connectivity index (χ4v) is 5.95. The summed E-state index contributed by atoms with van der Waals surface area (Å²) in [5, 5.41) is 24.2. The van der Waals surface area contributed by atoms with Crippen LogP contribution in [0.15, 0.2) is 48.5 Å². The average Bonchev–Trinajstić information content (AvgIpc) is 3.02. The Morgan fingerprint density at radius 3 is 2.40 bits per heavy atom. The summed E-state index contributed by atoms with van der Waals surface area (Å²) in [4.78, 5) is 41.0. The first-order valence-electron chi connectivity index (χ1n) is 14.6. The van der Waals surface area contributed by atoms with E-state index >= 15 is 0 Å². The summed E-state index contributed by atoms with van der Waals surface area (Å²) in [7, 11) is 0. The Balaban J connectivity index is 1.52. The van der Waals surface area contributed by atoms with E-state index in [9.17, 15) is 14.4 Å². The number of unbranched alkanes of at least 4 members (excludes halogenated alkanes) is 2. The molecule has 3 aromatic carbocycles. The Labute approximate surface area is 266 Å². The zero-order valence-electron chi connectivity index (χ0n) is 24.4. The van der Waals surface area contributed by atoms with Crippen molar-refractivity contribution in [2.75, 3.05) is 25.0 Å². The Morgan fingerprint density at radius 2 is 1.63 bits per heavy atom. The van der Waals surface area contributed by atoms with Gasteiger partial charge >= 0.3 is 132 Å². The summed E-state index contributed by atoms with van der Waals surface area (Å²) >= 11 is 1.52. The van der Waals surface area contributed by atoms with Crippen LogP contribution in [0.4, 0.5) is 5.69 Å². The molecule has 0 aliphatic carbocycles. The quantitative estimate of drug-likeness (QED) is 0.147. The van der Waals surface area contributed by atoms with Crippen LogP contribution in [0.1, 0.15) is 65.6 Å². The number of nitrogens with one attached hydrogen (secondary N) is 2. The molecular formula is C32H34N7O3Po. The summed E-state index contributed by atoms with van der Waals surface area (Å²) in [5.41, 5.74) is 4.24. The fourth-order valence-electron chi connectivity index (χ4n) is 5.15. The third-order valence-corrected chi connectivity index (χ3v) is 8.52. The molecule has 11 heteroatoms. The van der Waals surface area contributed by atoms with Gasteiger partial charge in [-0.1, -0.05) is 31.5 Å². The molecule has 2 N–H and O–H groups in total. The van der Waals surface area contributed by atoms with E-state index in [1.54, 1.807) is 13.0 Å². The maximum absolute atomic E-state index is 13.9. The molecule has 221 valence electrons. The van der Waals surface area contributed by atoms with Crippen molar-refractivity contribution in [3.05, 3.63) is 65.5 Å². The number of anilines is 1. The third kappa shape index (κ3) is 6.88. The van der Waals surface area contributed by atoms with Crippen LogP contribution < -0.4 is 10.6 Å². The van der Waals surface area contributed by atoms with Crippen LogP contribution >= 0.6 is 0 Å². The van der Waals surface area contributed by atoms with Gasteiger partial charge in [0.2, 0.25) is 5.82 Å². The topological polar surface area (TPSA) is 130 Å². The van der Waals surface area contributed by atoms with Gasteiger partial charge in [-0.3, -0.25) is 0 Å². The molecule has 0 unspecified atom stereocenters. The van der Waals surface area contributed by atoms with E-state index in [0.29, 0.717) is 34.6 Å². The number of carbonyl (C=O) groups is 3. The van der Waals surface area contributed by atoms with Crippen molar-refractivity contribution in [1.82, 2.24) is 30.6 Å². The molecule has 0 bridgehead atoms. The van der Waals surface area contributed by atoms with Gasteiger partial charge in [-0.2, -0.15) is 0 Å². The molecule has 43 heavy (non-hydrogen) atoms. The van der Waals surface area contributed by atoms with E-state index in [4.69, 9.17) is 0 Å². The standard InChI is InChI=1S/C32H34N7O3.Po/c1-4-6-11-28(40)34-15-16-39-31(41)24-12-13-27(33-14-7-5-2)25-18-23(19-26(29(24)25)32(39)42)21-9-8-10-22(17-21)30-37-35-20(3)36-38-30;/h8-10,12-13,17-19,33H,1,4-7,11,14-16H2,2-3H3,(H,34,40);.